The summed E-state index contributed by atoms with van der Waals surface area (Å²) in [5.74, 6) is -1.05. The molecule has 140 valence electrons. The summed E-state index contributed by atoms with van der Waals surface area (Å²) in [6, 6.07) is 19.1. The van der Waals surface area contributed by atoms with Crippen molar-refractivity contribution in [1.82, 2.24) is 0 Å². The SMILES string of the molecule is CC(=O)Oc1cc(Cl)ccc1C(=O)Nc1cc(-c2ccccc2)ccc1C=O. The summed E-state index contributed by atoms with van der Waals surface area (Å²) in [7, 11) is 0. The molecule has 0 radical (unpaired) electrons. The van der Waals surface area contributed by atoms with E-state index in [2.05, 4.69) is 5.32 Å². The zero-order valence-corrected chi connectivity index (χ0v) is 15.7. The van der Waals surface area contributed by atoms with Gasteiger partial charge in [-0.2, -0.15) is 0 Å². The molecule has 3 rings (SSSR count). The van der Waals surface area contributed by atoms with Crippen molar-refractivity contribution in [3.05, 3.63) is 82.9 Å². The van der Waals surface area contributed by atoms with Gasteiger partial charge in [0.15, 0.2) is 6.29 Å². The molecule has 0 atom stereocenters. The maximum Gasteiger partial charge on any atom is 0.308 e. The summed E-state index contributed by atoms with van der Waals surface area (Å²) < 4.78 is 5.08. The first-order valence-corrected chi connectivity index (χ1v) is 8.79. The van der Waals surface area contributed by atoms with Crippen LogP contribution >= 0.6 is 11.6 Å². The Morgan fingerprint density at radius 2 is 1.71 bits per heavy atom. The molecule has 0 unspecified atom stereocenters. The minimum atomic E-state index is -0.573. The molecule has 0 aliphatic heterocycles. The van der Waals surface area contributed by atoms with Crippen LogP contribution in [0.15, 0.2) is 66.7 Å². The Morgan fingerprint density at radius 3 is 2.39 bits per heavy atom. The van der Waals surface area contributed by atoms with Gasteiger partial charge in [0.05, 0.1) is 11.3 Å². The maximum absolute atomic E-state index is 12.8. The Kier molecular flexibility index (Phi) is 5.87. The quantitative estimate of drug-likeness (QED) is 0.376. The molecule has 3 aromatic carbocycles. The monoisotopic (exact) mass is 393 g/mol. The Balaban J connectivity index is 1.96. The van der Waals surface area contributed by atoms with Crippen LogP contribution in [0.1, 0.15) is 27.6 Å². The van der Waals surface area contributed by atoms with E-state index in [1.165, 1.54) is 25.1 Å². The summed E-state index contributed by atoms with van der Waals surface area (Å²) in [6.45, 7) is 1.23. The van der Waals surface area contributed by atoms with Crippen LogP contribution in [0.5, 0.6) is 5.75 Å². The number of halogens is 1. The second kappa shape index (κ2) is 8.50. The van der Waals surface area contributed by atoms with Crippen molar-refractivity contribution in [3.63, 3.8) is 0 Å². The number of rotatable bonds is 5. The van der Waals surface area contributed by atoms with Gasteiger partial charge in [0, 0.05) is 23.6 Å². The Labute approximate surface area is 166 Å². The molecule has 0 bridgehead atoms. The van der Waals surface area contributed by atoms with Crippen LogP contribution in [0.2, 0.25) is 5.02 Å². The number of hydrogen-bond acceptors (Lipinski definition) is 4. The van der Waals surface area contributed by atoms with E-state index in [0.717, 1.165) is 11.1 Å². The summed E-state index contributed by atoms with van der Waals surface area (Å²) in [4.78, 5) is 35.5. The molecule has 1 amide bonds. The smallest absolute Gasteiger partial charge is 0.308 e. The normalized spacial score (nSPS) is 10.2. The molecule has 0 saturated heterocycles. The molecule has 0 aromatic heterocycles. The molecule has 0 spiro atoms. The lowest BCUT2D eigenvalue weighted by Crippen LogP contribution is -2.16. The largest absolute Gasteiger partial charge is 0.426 e. The van der Waals surface area contributed by atoms with Crippen molar-refractivity contribution >= 4 is 35.5 Å². The van der Waals surface area contributed by atoms with Crippen LogP contribution in [-0.4, -0.2) is 18.2 Å². The van der Waals surface area contributed by atoms with Crippen LogP contribution in [0.4, 0.5) is 5.69 Å². The number of hydrogen-bond donors (Lipinski definition) is 1. The molecule has 0 aliphatic rings. The zero-order chi connectivity index (χ0) is 20.1. The number of benzene rings is 3. The van der Waals surface area contributed by atoms with Crippen molar-refractivity contribution in [2.45, 2.75) is 6.92 Å². The fourth-order valence-electron chi connectivity index (χ4n) is 2.69. The number of anilines is 1. The first-order chi connectivity index (χ1) is 13.5. The predicted octanol–water partition coefficient (Wildman–Crippen LogP) is 5.00. The van der Waals surface area contributed by atoms with E-state index in [9.17, 15) is 14.4 Å². The third-order valence-electron chi connectivity index (χ3n) is 3.98. The summed E-state index contributed by atoms with van der Waals surface area (Å²) in [6.07, 6.45) is 0.666. The van der Waals surface area contributed by atoms with Crippen molar-refractivity contribution < 1.29 is 19.1 Å². The van der Waals surface area contributed by atoms with Gasteiger partial charge < -0.3 is 10.1 Å². The highest BCUT2D eigenvalue weighted by Gasteiger charge is 2.17. The number of carbonyl (C=O) groups excluding carboxylic acids is 3. The van der Waals surface area contributed by atoms with Crippen LogP contribution in [-0.2, 0) is 4.79 Å². The molecular formula is C22H16ClNO4. The van der Waals surface area contributed by atoms with Gasteiger partial charge >= 0.3 is 5.97 Å². The standard InChI is InChI=1S/C22H16ClNO4/c1-14(26)28-21-12-18(23)9-10-19(21)22(27)24-20-11-16(7-8-17(20)13-25)15-5-3-2-4-6-15/h2-13H,1H3,(H,24,27). The van der Waals surface area contributed by atoms with Gasteiger partial charge in [-0.3, -0.25) is 14.4 Å². The van der Waals surface area contributed by atoms with Crippen LogP contribution < -0.4 is 10.1 Å². The Morgan fingerprint density at radius 1 is 0.964 bits per heavy atom. The van der Waals surface area contributed by atoms with Gasteiger partial charge in [-0.05, 0) is 35.4 Å². The van der Waals surface area contributed by atoms with Crippen molar-refractivity contribution in [3.8, 4) is 16.9 Å². The topological polar surface area (TPSA) is 72.5 Å². The Hall–Kier alpha value is -3.44. The van der Waals surface area contributed by atoms with E-state index < -0.39 is 11.9 Å². The second-order valence-corrected chi connectivity index (χ2v) is 6.41. The number of amides is 1. The fraction of sp³-hybridized carbons (Fsp3) is 0.0455. The Bertz CT molecular complexity index is 1050. The number of nitrogens with one attached hydrogen (secondary N) is 1. The second-order valence-electron chi connectivity index (χ2n) is 5.97. The summed E-state index contributed by atoms with van der Waals surface area (Å²) in [5.41, 5.74) is 2.60. The van der Waals surface area contributed by atoms with Gasteiger partial charge in [-0.15, -0.1) is 0 Å². The van der Waals surface area contributed by atoms with E-state index in [1.807, 2.05) is 30.3 Å². The van der Waals surface area contributed by atoms with E-state index in [-0.39, 0.29) is 11.3 Å². The molecule has 0 heterocycles. The van der Waals surface area contributed by atoms with Crippen LogP contribution in [0.3, 0.4) is 0 Å². The lowest BCUT2D eigenvalue weighted by atomic mass is 10.0. The van der Waals surface area contributed by atoms with E-state index in [0.29, 0.717) is 22.6 Å². The number of ether oxygens (including phenoxy) is 1. The minimum absolute atomic E-state index is 0.0457. The van der Waals surface area contributed by atoms with E-state index in [4.69, 9.17) is 16.3 Å². The molecular weight excluding hydrogens is 378 g/mol. The molecule has 28 heavy (non-hydrogen) atoms. The number of esters is 1. The lowest BCUT2D eigenvalue weighted by Gasteiger charge is -2.13. The van der Waals surface area contributed by atoms with Gasteiger partial charge in [0.2, 0.25) is 0 Å². The highest BCUT2D eigenvalue weighted by Crippen LogP contribution is 2.28. The first kappa shape index (κ1) is 19.3. The molecule has 5 nitrogen and oxygen atoms in total. The van der Waals surface area contributed by atoms with Gasteiger partial charge in [-0.25, -0.2) is 0 Å². The number of aldehydes is 1. The van der Waals surface area contributed by atoms with Gasteiger partial charge in [-0.1, -0.05) is 48.0 Å². The highest BCUT2D eigenvalue weighted by molar-refractivity contribution is 6.31. The summed E-state index contributed by atoms with van der Waals surface area (Å²) >= 11 is 5.93. The maximum atomic E-state index is 12.8. The molecule has 1 N–H and O–H groups in total. The molecule has 6 heteroatoms. The van der Waals surface area contributed by atoms with Gasteiger partial charge in [0.25, 0.3) is 5.91 Å². The summed E-state index contributed by atoms with van der Waals surface area (Å²) in [5, 5.41) is 3.04. The predicted molar refractivity (Wildman–Crippen MR) is 108 cm³/mol. The fourth-order valence-corrected chi connectivity index (χ4v) is 2.85. The lowest BCUT2D eigenvalue weighted by molar-refractivity contribution is -0.131. The third-order valence-corrected chi connectivity index (χ3v) is 4.21. The van der Waals surface area contributed by atoms with E-state index in [1.54, 1.807) is 18.2 Å². The van der Waals surface area contributed by atoms with Crippen molar-refractivity contribution in [2.75, 3.05) is 5.32 Å². The first-order valence-electron chi connectivity index (χ1n) is 8.42. The molecule has 3 aromatic rings. The molecule has 0 aliphatic carbocycles. The van der Waals surface area contributed by atoms with Crippen molar-refractivity contribution in [2.24, 2.45) is 0 Å². The van der Waals surface area contributed by atoms with Gasteiger partial charge in [0.1, 0.15) is 5.75 Å². The minimum Gasteiger partial charge on any atom is -0.426 e. The molecule has 0 saturated carbocycles. The average molecular weight is 394 g/mol. The highest BCUT2D eigenvalue weighted by atomic mass is 35.5. The molecule has 0 fully saturated rings. The average Bonchev–Trinajstić information content (AvgIpc) is 2.68. The van der Waals surface area contributed by atoms with Crippen LogP contribution in [0.25, 0.3) is 11.1 Å². The van der Waals surface area contributed by atoms with Crippen molar-refractivity contribution in [1.29, 1.82) is 0 Å². The number of carbonyl (C=O) groups is 3. The third kappa shape index (κ3) is 4.45. The van der Waals surface area contributed by atoms with E-state index >= 15 is 0 Å². The van der Waals surface area contributed by atoms with Crippen LogP contribution in [0, 0.1) is 0 Å². The zero-order valence-electron chi connectivity index (χ0n) is 14.9.